The Hall–Kier alpha value is -3.52. The highest BCUT2D eigenvalue weighted by Gasteiger charge is 2.46. The van der Waals surface area contributed by atoms with Crippen LogP contribution in [0.2, 0.25) is 0 Å². The van der Waals surface area contributed by atoms with Crippen LogP contribution < -0.4 is 14.2 Å². The fraction of sp³-hybridized carbons (Fsp3) is 0.407. The third-order valence-electron chi connectivity index (χ3n) is 5.88. The number of amides is 1. The molecule has 1 heterocycles. The summed E-state index contributed by atoms with van der Waals surface area (Å²) in [7, 11) is 4.57. The van der Waals surface area contributed by atoms with E-state index in [1.165, 1.54) is 26.2 Å². The van der Waals surface area contributed by atoms with E-state index in [0.717, 1.165) is 6.42 Å². The summed E-state index contributed by atoms with van der Waals surface area (Å²) in [4.78, 5) is 27.5. The SMILES string of the molecule is COCCN1C(=O)C(=O)/C(=C(/O)c2cccc(OC)c2)C1c1ccc(OCCC(C)C)c(OC)c1. The minimum absolute atomic E-state index is 0.00474. The summed E-state index contributed by atoms with van der Waals surface area (Å²) in [6.45, 7) is 5.19. The van der Waals surface area contributed by atoms with Gasteiger partial charge in [0.2, 0.25) is 0 Å². The second-order valence-electron chi connectivity index (χ2n) is 8.66. The van der Waals surface area contributed by atoms with Gasteiger partial charge in [0.1, 0.15) is 11.5 Å². The van der Waals surface area contributed by atoms with E-state index in [1.807, 2.05) is 0 Å². The van der Waals surface area contributed by atoms with Crippen LogP contribution in [0.5, 0.6) is 17.2 Å². The first-order valence-corrected chi connectivity index (χ1v) is 11.5. The number of likely N-dealkylation sites (tertiary alicyclic amines) is 1. The summed E-state index contributed by atoms with van der Waals surface area (Å²) < 4.78 is 21.9. The number of ether oxygens (including phenoxy) is 4. The molecular weight excluding hydrogens is 450 g/mol. The topological polar surface area (TPSA) is 94.5 Å². The first-order chi connectivity index (χ1) is 16.8. The molecule has 1 atom stereocenters. The van der Waals surface area contributed by atoms with Crippen molar-refractivity contribution < 1.29 is 33.6 Å². The Balaban J connectivity index is 2.09. The fourth-order valence-electron chi connectivity index (χ4n) is 3.95. The van der Waals surface area contributed by atoms with Crippen LogP contribution in [0.15, 0.2) is 48.0 Å². The maximum atomic E-state index is 13.1. The van der Waals surface area contributed by atoms with E-state index in [-0.39, 0.29) is 24.5 Å². The van der Waals surface area contributed by atoms with Crippen LogP contribution in [0.3, 0.4) is 0 Å². The van der Waals surface area contributed by atoms with Gasteiger partial charge in [0.05, 0.1) is 39.0 Å². The first kappa shape index (κ1) is 26.1. The lowest BCUT2D eigenvalue weighted by atomic mass is 9.95. The molecule has 0 aromatic heterocycles. The molecule has 1 N–H and O–H groups in total. The summed E-state index contributed by atoms with van der Waals surface area (Å²) in [6.07, 6.45) is 0.891. The minimum Gasteiger partial charge on any atom is -0.507 e. The lowest BCUT2D eigenvalue weighted by molar-refractivity contribution is -0.140. The minimum atomic E-state index is -0.824. The van der Waals surface area contributed by atoms with Gasteiger partial charge in [-0.05, 0) is 42.2 Å². The molecule has 8 nitrogen and oxygen atoms in total. The van der Waals surface area contributed by atoms with Crippen molar-refractivity contribution in [3.63, 3.8) is 0 Å². The van der Waals surface area contributed by atoms with E-state index >= 15 is 0 Å². The van der Waals surface area contributed by atoms with E-state index in [9.17, 15) is 14.7 Å². The second-order valence-corrected chi connectivity index (χ2v) is 8.66. The maximum absolute atomic E-state index is 13.1. The largest absolute Gasteiger partial charge is 0.507 e. The zero-order valence-electron chi connectivity index (χ0n) is 20.9. The van der Waals surface area contributed by atoms with Crippen molar-refractivity contribution in [2.45, 2.75) is 26.3 Å². The van der Waals surface area contributed by atoms with Crippen molar-refractivity contribution in [2.24, 2.45) is 5.92 Å². The number of aliphatic hydroxyl groups excluding tert-OH is 1. The number of benzene rings is 2. The Labute approximate surface area is 206 Å². The number of Topliss-reactive ketones (excluding diaryl/α,β-unsaturated/α-hetero) is 1. The summed E-state index contributed by atoms with van der Waals surface area (Å²) in [5.74, 6) is 0.323. The van der Waals surface area contributed by atoms with Crippen molar-refractivity contribution in [3.8, 4) is 17.2 Å². The number of hydrogen-bond donors (Lipinski definition) is 1. The fourth-order valence-corrected chi connectivity index (χ4v) is 3.95. The van der Waals surface area contributed by atoms with Gasteiger partial charge in [-0.2, -0.15) is 0 Å². The average Bonchev–Trinajstić information content (AvgIpc) is 3.11. The lowest BCUT2D eigenvalue weighted by Gasteiger charge is -2.25. The number of rotatable bonds is 11. The van der Waals surface area contributed by atoms with Gasteiger partial charge in [0.25, 0.3) is 11.7 Å². The van der Waals surface area contributed by atoms with E-state index in [4.69, 9.17) is 18.9 Å². The molecule has 188 valence electrons. The molecule has 0 saturated carbocycles. The molecule has 1 amide bonds. The van der Waals surface area contributed by atoms with Crippen LogP contribution in [0.1, 0.15) is 37.4 Å². The van der Waals surface area contributed by atoms with Crippen molar-refractivity contribution in [2.75, 3.05) is 41.1 Å². The van der Waals surface area contributed by atoms with Gasteiger partial charge in [0, 0.05) is 19.2 Å². The molecule has 3 rings (SSSR count). The van der Waals surface area contributed by atoms with Gasteiger partial charge in [-0.15, -0.1) is 0 Å². The van der Waals surface area contributed by atoms with Crippen molar-refractivity contribution >= 4 is 17.4 Å². The smallest absolute Gasteiger partial charge is 0.295 e. The Bertz CT molecular complexity index is 1090. The molecule has 0 spiro atoms. The monoisotopic (exact) mass is 483 g/mol. The van der Waals surface area contributed by atoms with Crippen LogP contribution >= 0.6 is 0 Å². The maximum Gasteiger partial charge on any atom is 0.295 e. The normalized spacial score (nSPS) is 17.2. The number of carbonyl (C=O) groups excluding carboxylic acids is 2. The van der Waals surface area contributed by atoms with Crippen LogP contribution in [0.25, 0.3) is 5.76 Å². The standard InChI is InChI=1S/C27H33NO7/c1-17(2)11-13-35-21-10-9-18(16-22(21)34-5)24-23(26(30)27(31)28(24)12-14-32-3)25(29)19-7-6-8-20(15-19)33-4/h6-10,15-17,24,29H,11-14H2,1-5H3/b25-23+. The van der Waals surface area contributed by atoms with Gasteiger partial charge in [-0.3, -0.25) is 9.59 Å². The number of methoxy groups -OCH3 is 3. The summed E-state index contributed by atoms with van der Waals surface area (Å²) in [5.41, 5.74) is 0.979. The van der Waals surface area contributed by atoms with Crippen LogP contribution in [0.4, 0.5) is 0 Å². The Morgan fingerprint density at radius 2 is 1.77 bits per heavy atom. The predicted octanol–water partition coefficient (Wildman–Crippen LogP) is 4.20. The third-order valence-corrected chi connectivity index (χ3v) is 5.88. The highest BCUT2D eigenvalue weighted by atomic mass is 16.5. The Morgan fingerprint density at radius 3 is 2.43 bits per heavy atom. The quantitative estimate of drug-likeness (QED) is 0.291. The molecular formula is C27H33NO7. The number of hydrogen-bond acceptors (Lipinski definition) is 7. The van der Waals surface area contributed by atoms with Gasteiger partial charge < -0.3 is 29.0 Å². The number of nitrogens with zero attached hydrogens (tertiary/aromatic N) is 1. The lowest BCUT2D eigenvalue weighted by Crippen LogP contribution is -2.32. The Morgan fingerprint density at radius 1 is 1.00 bits per heavy atom. The van der Waals surface area contributed by atoms with Crippen LogP contribution in [0, 0.1) is 5.92 Å². The first-order valence-electron chi connectivity index (χ1n) is 11.5. The zero-order chi connectivity index (χ0) is 25.5. The molecule has 1 aliphatic heterocycles. The van der Waals surface area contributed by atoms with Crippen molar-refractivity contribution in [3.05, 3.63) is 59.2 Å². The molecule has 2 aromatic rings. The summed E-state index contributed by atoms with van der Waals surface area (Å²) in [6, 6.07) is 11.2. The number of ketones is 1. The molecule has 1 unspecified atom stereocenters. The number of carbonyl (C=O) groups is 2. The third kappa shape index (κ3) is 5.77. The molecule has 1 aliphatic rings. The van der Waals surface area contributed by atoms with Crippen LogP contribution in [-0.2, 0) is 14.3 Å². The molecule has 8 heteroatoms. The van der Waals surface area contributed by atoms with Gasteiger partial charge in [-0.1, -0.05) is 32.0 Å². The highest BCUT2D eigenvalue weighted by Crippen LogP contribution is 2.42. The van der Waals surface area contributed by atoms with Gasteiger partial charge in [-0.25, -0.2) is 0 Å². The molecule has 0 aliphatic carbocycles. The van der Waals surface area contributed by atoms with E-state index in [2.05, 4.69) is 13.8 Å². The van der Waals surface area contributed by atoms with Gasteiger partial charge in [0.15, 0.2) is 11.5 Å². The molecule has 2 aromatic carbocycles. The molecule has 35 heavy (non-hydrogen) atoms. The average molecular weight is 484 g/mol. The summed E-state index contributed by atoms with van der Waals surface area (Å²) >= 11 is 0. The molecule has 1 fully saturated rings. The van der Waals surface area contributed by atoms with E-state index < -0.39 is 17.7 Å². The molecule has 0 radical (unpaired) electrons. The zero-order valence-corrected chi connectivity index (χ0v) is 20.9. The van der Waals surface area contributed by atoms with E-state index in [0.29, 0.717) is 40.9 Å². The second kappa shape index (κ2) is 11.8. The molecule has 0 bridgehead atoms. The van der Waals surface area contributed by atoms with E-state index in [1.54, 1.807) is 42.5 Å². The summed E-state index contributed by atoms with van der Waals surface area (Å²) in [5, 5.41) is 11.2. The van der Waals surface area contributed by atoms with Gasteiger partial charge >= 0.3 is 0 Å². The van der Waals surface area contributed by atoms with Crippen molar-refractivity contribution in [1.29, 1.82) is 0 Å². The molecule has 1 saturated heterocycles. The van der Waals surface area contributed by atoms with Crippen LogP contribution in [-0.4, -0.2) is 62.8 Å². The Kier molecular flexibility index (Phi) is 8.76. The highest BCUT2D eigenvalue weighted by molar-refractivity contribution is 6.46. The van der Waals surface area contributed by atoms with Crippen molar-refractivity contribution in [1.82, 2.24) is 4.90 Å². The predicted molar refractivity (Wildman–Crippen MR) is 132 cm³/mol. The number of aliphatic hydroxyl groups is 1.